The Morgan fingerprint density at radius 2 is 1.91 bits per heavy atom. The van der Waals surface area contributed by atoms with Gasteiger partial charge in [-0.1, -0.05) is 19.9 Å². The van der Waals surface area contributed by atoms with Gasteiger partial charge in [0.05, 0.1) is 17.9 Å². The molecule has 1 amide bonds. The molecule has 3 aromatic rings. The highest BCUT2D eigenvalue weighted by Crippen LogP contribution is 2.44. The van der Waals surface area contributed by atoms with E-state index in [4.69, 9.17) is 4.74 Å². The maximum absolute atomic E-state index is 14.7. The van der Waals surface area contributed by atoms with Gasteiger partial charge in [-0.05, 0) is 60.2 Å². The predicted octanol–water partition coefficient (Wildman–Crippen LogP) is 6.00. The van der Waals surface area contributed by atoms with Gasteiger partial charge in [0.25, 0.3) is 11.7 Å². The number of aliphatic hydroxyl groups is 1. The number of ether oxygens (including phenoxy) is 1. The van der Waals surface area contributed by atoms with Crippen LogP contribution < -0.4 is 9.64 Å². The summed E-state index contributed by atoms with van der Waals surface area (Å²) in [5, 5.41) is 12.9. The number of hydrogen-bond donors (Lipinski definition) is 1. The quantitative estimate of drug-likeness (QED) is 0.265. The summed E-state index contributed by atoms with van der Waals surface area (Å²) in [6, 6.07) is 9.93. The Labute approximate surface area is 199 Å². The summed E-state index contributed by atoms with van der Waals surface area (Å²) >= 11 is 1.24. The van der Waals surface area contributed by atoms with E-state index in [2.05, 4.69) is 0 Å². The second kappa shape index (κ2) is 9.38. The predicted molar refractivity (Wildman–Crippen MR) is 127 cm³/mol. The van der Waals surface area contributed by atoms with Gasteiger partial charge in [-0.15, -0.1) is 11.3 Å². The van der Waals surface area contributed by atoms with Crippen LogP contribution in [0.15, 0.2) is 59.5 Å². The average Bonchev–Trinajstić information content (AvgIpc) is 3.41. The van der Waals surface area contributed by atoms with Crippen LogP contribution in [-0.4, -0.2) is 23.4 Å². The molecule has 1 N–H and O–H groups in total. The van der Waals surface area contributed by atoms with E-state index in [1.807, 2.05) is 20.8 Å². The lowest BCUT2D eigenvalue weighted by Gasteiger charge is -2.24. The largest absolute Gasteiger partial charge is 0.507 e. The molecular formula is C26H23F2NO4S. The lowest BCUT2D eigenvalue weighted by Crippen LogP contribution is -2.30. The molecule has 0 bridgehead atoms. The summed E-state index contributed by atoms with van der Waals surface area (Å²) in [6.45, 7) is 6.39. The fraction of sp³-hybridized carbons (Fsp3) is 0.231. The van der Waals surface area contributed by atoms with Crippen molar-refractivity contribution < 1.29 is 28.2 Å². The van der Waals surface area contributed by atoms with Crippen LogP contribution in [0, 0.1) is 24.5 Å². The topological polar surface area (TPSA) is 66.8 Å². The Kier molecular flexibility index (Phi) is 6.52. The van der Waals surface area contributed by atoms with E-state index in [0.717, 1.165) is 28.7 Å². The summed E-state index contributed by atoms with van der Waals surface area (Å²) in [5.74, 6) is -3.05. The van der Waals surface area contributed by atoms with Crippen molar-refractivity contribution in [3.8, 4) is 5.75 Å². The molecule has 0 aliphatic carbocycles. The number of hydrogen-bond acceptors (Lipinski definition) is 5. The first-order valence-electron chi connectivity index (χ1n) is 10.7. The first-order valence-corrected chi connectivity index (χ1v) is 11.6. The standard InChI is InChI=1S/C26H23F2NO4S/c1-14(2)13-33-20-9-6-16(11-15(20)3)24(30)22-23(21-5-4-10-34-21)29(26(32)25(22)31)19-12-17(27)7-8-18(19)28/h4-12,14,23,30H,13H2,1-3H3/b24-22-. The number of carbonyl (C=O) groups is 2. The van der Waals surface area contributed by atoms with E-state index in [-0.39, 0.29) is 11.3 Å². The first-order chi connectivity index (χ1) is 16.2. The summed E-state index contributed by atoms with van der Waals surface area (Å²) in [5.41, 5.74) is 0.496. The molecule has 1 saturated heterocycles. The molecule has 176 valence electrons. The van der Waals surface area contributed by atoms with E-state index in [1.54, 1.807) is 35.7 Å². The summed E-state index contributed by atoms with van der Waals surface area (Å²) < 4.78 is 34.4. The van der Waals surface area contributed by atoms with Crippen LogP contribution >= 0.6 is 11.3 Å². The highest BCUT2D eigenvalue weighted by atomic mass is 32.1. The molecule has 1 aliphatic heterocycles. The molecule has 1 aromatic heterocycles. The number of rotatable bonds is 6. The molecule has 0 radical (unpaired) electrons. The van der Waals surface area contributed by atoms with Crippen molar-refractivity contribution in [2.75, 3.05) is 11.5 Å². The normalized spacial score (nSPS) is 17.6. The number of carbonyl (C=O) groups excluding carboxylic acids is 2. The lowest BCUT2D eigenvalue weighted by molar-refractivity contribution is -0.132. The molecule has 0 saturated carbocycles. The number of nitrogens with zero attached hydrogens (tertiary/aromatic N) is 1. The van der Waals surface area contributed by atoms with Crippen LogP contribution in [0.3, 0.4) is 0 Å². The van der Waals surface area contributed by atoms with Crippen LogP contribution in [0.2, 0.25) is 0 Å². The number of amides is 1. The highest BCUT2D eigenvalue weighted by molar-refractivity contribution is 7.10. The Morgan fingerprint density at radius 1 is 1.15 bits per heavy atom. The Bertz CT molecular complexity index is 1280. The monoisotopic (exact) mass is 483 g/mol. The van der Waals surface area contributed by atoms with Gasteiger partial charge in [-0.3, -0.25) is 14.5 Å². The molecular weight excluding hydrogens is 460 g/mol. The number of anilines is 1. The van der Waals surface area contributed by atoms with E-state index >= 15 is 0 Å². The van der Waals surface area contributed by atoms with Gasteiger partial charge in [-0.25, -0.2) is 8.78 Å². The van der Waals surface area contributed by atoms with Gasteiger partial charge >= 0.3 is 0 Å². The number of Topliss-reactive ketones (excluding diaryl/α,β-unsaturated/α-hetero) is 1. The smallest absolute Gasteiger partial charge is 0.300 e. The molecule has 1 unspecified atom stereocenters. The summed E-state index contributed by atoms with van der Waals surface area (Å²) in [4.78, 5) is 27.5. The van der Waals surface area contributed by atoms with Crippen molar-refractivity contribution in [3.05, 3.63) is 87.1 Å². The van der Waals surface area contributed by atoms with Crippen molar-refractivity contribution in [3.63, 3.8) is 0 Å². The SMILES string of the molecule is Cc1cc(/C(O)=C2/C(=O)C(=O)N(c3cc(F)ccc3F)C2c2cccs2)ccc1OCC(C)C. The molecule has 1 atom stereocenters. The summed E-state index contributed by atoms with van der Waals surface area (Å²) in [7, 11) is 0. The minimum Gasteiger partial charge on any atom is -0.507 e. The van der Waals surface area contributed by atoms with Gasteiger partial charge in [0.2, 0.25) is 0 Å². The van der Waals surface area contributed by atoms with E-state index in [0.29, 0.717) is 28.7 Å². The number of aryl methyl sites for hydroxylation is 1. The third-order valence-electron chi connectivity index (χ3n) is 5.45. The van der Waals surface area contributed by atoms with Crippen molar-refractivity contribution in [2.24, 2.45) is 5.92 Å². The molecule has 5 nitrogen and oxygen atoms in total. The Balaban J connectivity index is 1.84. The first kappa shape index (κ1) is 23.6. The maximum atomic E-state index is 14.7. The molecule has 2 heterocycles. The van der Waals surface area contributed by atoms with Gasteiger partial charge in [0.15, 0.2) is 0 Å². The molecule has 0 spiro atoms. The number of benzene rings is 2. The van der Waals surface area contributed by atoms with Gasteiger partial charge in [0.1, 0.15) is 29.2 Å². The van der Waals surface area contributed by atoms with Crippen LogP contribution in [0.25, 0.3) is 5.76 Å². The molecule has 8 heteroatoms. The second-order valence-corrected chi connectivity index (χ2v) is 9.44. The zero-order chi connectivity index (χ0) is 24.6. The minimum atomic E-state index is -1.10. The number of thiophene rings is 1. The number of ketones is 1. The zero-order valence-corrected chi connectivity index (χ0v) is 19.7. The Morgan fingerprint density at radius 3 is 2.56 bits per heavy atom. The van der Waals surface area contributed by atoms with Crippen molar-refractivity contribution >= 4 is 34.5 Å². The highest BCUT2D eigenvalue weighted by Gasteiger charge is 2.48. The summed E-state index contributed by atoms with van der Waals surface area (Å²) in [6.07, 6.45) is 0. The van der Waals surface area contributed by atoms with Crippen LogP contribution in [0.1, 0.15) is 35.9 Å². The minimum absolute atomic E-state index is 0.189. The molecule has 2 aromatic carbocycles. The van der Waals surface area contributed by atoms with E-state index in [9.17, 15) is 23.5 Å². The van der Waals surface area contributed by atoms with Gasteiger partial charge in [-0.2, -0.15) is 0 Å². The maximum Gasteiger partial charge on any atom is 0.300 e. The fourth-order valence-corrected chi connectivity index (χ4v) is 4.66. The number of halogens is 2. The van der Waals surface area contributed by atoms with Gasteiger partial charge in [0, 0.05) is 16.5 Å². The third-order valence-corrected chi connectivity index (χ3v) is 6.37. The second-order valence-electron chi connectivity index (χ2n) is 8.47. The molecule has 1 fully saturated rings. The zero-order valence-electron chi connectivity index (χ0n) is 18.8. The van der Waals surface area contributed by atoms with E-state index < -0.39 is 35.1 Å². The van der Waals surface area contributed by atoms with Crippen LogP contribution in [0.5, 0.6) is 5.75 Å². The van der Waals surface area contributed by atoms with E-state index in [1.165, 1.54) is 11.3 Å². The van der Waals surface area contributed by atoms with Crippen molar-refractivity contribution in [1.29, 1.82) is 0 Å². The third kappa shape index (κ3) is 4.33. The van der Waals surface area contributed by atoms with Gasteiger partial charge < -0.3 is 9.84 Å². The van der Waals surface area contributed by atoms with Crippen LogP contribution in [-0.2, 0) is 9.59 Å². The molecule has 1 aliphatic rings. The fourth-order valence-electron chi connectivity index (χ4n) is 3.84. The number of aliphatic hydroxyl groups excluding tert-OH is 1. The molecule has 34 heavy (non-hydrogen) atoms. The average molecular weight is 484 g/mol. The van der Waals surface area contributed by atoms with Crippen molar-refractivity contribution in [2.45, 2.75) is 26.8 Å². The Hall–Kier alpha value is -3.52. The lowest BCUT2D eigenvalue weighted by atomic mass is 9.98. The van der Waals surface area contributed by atoms with Crippen LogP contribution in [0.4, 0.5) is 14.5 Å². The van der Waals surface area contributed by atoms with Crippen molar-refractivity contribution in [1.82, 2.24) is 0 Å². The molecule has 4 rings (SSSR count).